The highest BCUT2D eigenvalue weighted by Gasteiger charge is 2.22. The predicted octanol–water partition coefficient (Wildman–Crippen LogP) is -0.298. The zero-order valence-electron chi connectivity index (χ0n) is 8.15. The Balaban J connectivity index is 2.19. The lowest BCUT2D eigenvalue weighted by molar-refractivity contribution is 0.342. The third-order valence-electron chi connectivity index (χ3n) is 2.35. The molecule has 0 unspecified atom stereocenters. The summed E-state index contributed by atoms with van der Waals surface area (Å²) in [4.78, 5) is 0. The van der Waals surface area contributed by atoms with E-state index < -0.39 is 9.84 Å². The fourth-order valence-electron chi connectivity index (χ4n) is 1.49. The second kappa shape index (κ2) is 5.48. The maximum Gasteiger partial charge on any atom is 0.150 e. The normalized spacial score (nSPS) is 22.9. The molecule has 1 saturated heterocycles. The van der Waals surface area contributed by atoms with E-state index in [4.69, 9.17) is 5.11 Å². The van der Waals surface area contributed by atoms with Gasteiger partial charge in [-0.3, -0.25) is 0 Å². The second-order valence-electron chi connectivity index (χ2n) is 3.49. The van der Waals surface area contributed by atoms with E-state index in [1.54, 1.807) is 6.08 Å². The molecule has 2 N–H and O–H groups in total. The molecule has 0 aromatic carbocycles. The predicted molar refractivity (Wildman–Crippen MR) is 55.9 cm³/mol. The number of rotatable bonds is 4. The van der Waals surface area contributed by atoms with Crippen molar-refractivity contribution in [2.45, 2.75) is 18.9 Å². The highest BCUT2D eigenvalue weighted by atomic mass is 32.2. The Morgan fingerprint density at radius 1 is 1.29 bits per heavy atom. The summed E-state index contributed by atoms with van der Waals surface area (Å²) in [6, 6.07) is 0.307. The van der Waals surface area contributed by atoms with Crippen LogP contribution in [-0.2, 0) is 9.84 Å². The zero-order valence-corrected chi connectivity index (χ0v) is 8.96. The Hall–Kier alpha value is -0.390. The molecule has 14 heavy (non-hydrogen) atoms. The molecule has 0 saturated carbocycles. The van der Waals surface area contributed by atoms with Crippen LogP contribution in [0, 0.1) is 0 Å². The lowest BCUT2D eigenvalue weighted by Crippen LogP contribution is -2.37. The number of hydrogen-bond donors (Lipinski definition) is 2. The van der Waals surface area contributed by atoms with E-state index in [0.29, 0.717) is 36.9 Å². The first-order valence-electron chi connectivity index (χ1n) is 4.84. The molecule has 1 heterocycles. The number of hydrogen-bond acceptors (Lipinski definition) is 4. The van der Waals surface area contributed by atoms with Gasteiger partial charge >= 0.3 is 0 Å². The molecule has 0 spiro atoms. The molecule has 0 atom stereocenters. The molecular formula is C9H17NO3S. The summed E-state index contributed by atoms with van der Waals surface area (Å²) in [7, 11) is -2.75. The number of aliphatic hydroxyl groups excluding tert-OH is 1. The summed E-state index contributed by atoms with van der Waals surface area (Å²) in [5.74, 6) is 0.600. The van der Waals surface area contributed by atoms with E-state index in [1.165, 1.54) is 0 Å². The Labute approximate surface area is 84.9 Å². The summed E-state index contributed by atoms with van der Waals surface area (Å²) in [5, 5.41) is 11.7. The van der Waals surface area contributed by atoms with Crippen molar-refractivity contribution in [3.8, 4) is 0 Å². The monoisotopic (exact) mass is 219 g/mol. The Bertz CT molecular complexity index is 270. The first-order chi connectivity index (χ1) is 6.64. The molecule has 0 amide bonds. The van der Waals surface area contributed by atoms with E-state index in [2.05, 4.69) is 5.32 Å². The molecule has 1 fully saturated rings. The van der Waals surface area contributed by atoms with Gasteiger partial charge in [0.15, 0.2) is 0 Å². The quantitative estimate of drug-likeness (QED) is 0.637. The minimum absolute atomic E-state index is 0.0563. The molecule has 0 aliphatic carbocycles. The minimum Gasteiger partial charge on any atom is -0.392 e. The van der Waals surface area contributed by atoms with Gasteiger partial charge in [0.05, 0.1) is 18.1 Å². The molecule has 5 heteroatoms. The summed E-state index contributed by atoms with van der Waals surface area (Å²) in [5.41, 5.74) is 0. The molecular weight excluding hydrogens is 202 g/mol. The number of sulfone groups is 1. The van der Waals surface area contributed by atoms with E-state index in [-0.39, 0.29) is 6.61 Å². The lowest BCUT2D eigenvalue weighted by atomic mass is 10.1. The molecule has 0 bridgehead atoms. The van der Waals surface area contributed by atoms with E-state index >= 15 is 0 Å². The van der Waals surface area contributed by atoms with Gasteiger partial charge in [-0.25, -0.2) is 8.42 Å². The van der Waals surface area contributed by atoms with Crippen LogP contribution in [0.15, 0.2) is 12.2 Å². The third kappa shape index (κ3) is 4.21. The van der Waals surface area contributed by atoms with Crippen molar-refractivity contribution in [2.24, 2.45) is 0 Å². The standard InChI is InChI=1S/C9H17NO3S/c11-6-2-1-5-10-9-3-7-14(12,13)8-4-9/h1-2,9-11H,3-8H2/b2-1+. The van der Waals surface area contributed by atoms with Crippen molar-refractivity contribution < 1.29 is 13.5 Å². The van der Waals surface area contributed by atoms with Gasteiger partial charge in [0.2, 0.25) is 0 Å². The number of aliphatic hydroxyl groups is 1. The van der Waals surface area contributed by atoms with Crippen molar-refractivity contribution in [1.29, 1.82) is 0 Å². The highest BCUT2D eigenvalue weighted by molar-refractivity contribution is 7.91. The summed E-state index contributed by atoms with van der Waals surface area (Å²) < 4.78 is 22.2. The van der Waals surface area contributed by atoms with Crippen LogP contribution in [0.4, 0.5) is 0 Å². The van der Waals surface area contributed by atoms with Crippen molar-refractivity contribution >= 4 is 9.84 Å². The van der Waals surface area contributed by atoms with Crippen molar-refractivity contribution in [3.05, 3.63) is 12.2 Å². The minimum atomic E-state index is -2.75. The van der Waals surface area contributed by atoms with Gasteiger partial charge in [0.1, 0.15) is 9.84 Å². The fraction of sp³-hybridized carbons (Fsp3) is 0.778. The van der Waals surface area contributed by atoms with Gasteiger partial charge in [0.25, 0.3) is 0 Å². The summed E-state index contributed by atoms with van der Waals surface area (Å²) >= 11 is 0. The third-order valence-corrected chi connectivity index (χ3v) is 4.07. The van der Waals surface area contributed by atoms with Crippen molar-refractivity contribution in [3.63, 3.8) is 0 Å². The van der Waals surface area contributed by atoms with E-state index in [9.17, 15) is 8.42 Å². The van der Waals surface area contributed by atoms with Crippen LogP contribution < -0.4 is 5.32 Å². The zero-order chi connectivity index (χ0) is 10.4. The van der Waals surface area contributed by atoms with Crippen LogP contribution in [0.2, 0.25) is 0 Å². The molecule has 0 radical (unpaired) electrons. The molecule has 0 aromatic rings. The van der Waals surface area contributed by atoms with Gasteiger partial charge in [-0.1, -0.05) is 12.2 Å². The number of nitrogens with one attached hydrogen (secondary N) is 1. The van der Waals surface area contributed by atoms with Crippen LogP contribution in [0.3, 0.4) is 0 Å². The summed E-state index contributed by atoms with van der Waals surface area (Å²) in [6.07, 6.45) is 4.93. The molecule has 82 valence electrons. The van der Waals surface area contributed by atoms with Gasteiger partial charge in [-0.05, 0) is 12.8 Å². The molecule has 1 aliphatic rings. The largest absolute Gasteiger partial charge is 0.392 e. The Morgan fingerprint density at radius 3 is 2.50 bits per heavy atom. The fourth-order valence-corrected chi connectivity index (χ4v) is 2.98. The topological polar surface area (TPSA) is 66.4 Å². The average molecular weight is 219 g/mol. The van der Waals surface area contributed by atoms with Gasteiger partial charge in [-0.2, -0.15) is 0 Å². The molecule has 1 rings (SSSR count). The smallest absolute Gasteiger partial charge is 0.150 e. The second-order valence-corrected chi connectivity index (χ2v) is 5.79. The van der Waals surface area contributed by atoms with Gasteiger partial charge < -0.3 is 10.4 Å². The molecule has 4 nitrogen and oxygen atoms in total. The van der Waals surface area contributed by atoms with E-state index in [1.807, 2.05) is 6.08 Å². The van der Waals surface area contributed by atoms with Gasteiger partial charge in [-0.15, -0.1) is 0 Å². The van der Waals surface area contributed by atoms with Crippen molar-refractivity contribution in [1.82, 2.24) is 5.32 Å². The first-order valence-corrected chi connectivity index (χ1v) is 6.66. The Kier molecular flexibility index (Phi) is 4.57. The van der Waals surface area contributed by atoms with Crippen LogP contribution in [-0.4, -0.2) is 44.2 Å². The highest BCUT2D eigenvalue weighted by Crippen LogP contribution is 2.11. The molecule has 1 aliphatic heterocycles. The van der Waals surface area contributed by atoms with Crippen LogP contribution in [0.5, 0.6) is 0 Å². The first kappa shape index (κ1) is 11.7. The maximum atomic E-state index is 11.1. The van der Waals surface area contributed by atoms with Crippen molar-refractivity contribution in [2.75, 3.05) is 24.7 Å². The maximum absolute atomic E-state index is 11.1. The van der Waals surface area contributed by atoms with Crippen LogP contribution in [0.25, 0.3) is 0 Å². The Morgan fingerprint density at radius 2 is 1.93 bits per heavy atom. The SMILES string of the molecule is O=S1(=O)CCC(NC/C=C/CO)CC1. The average Bonchev–Trinajstić information content (AvgIpc) is 2.15. The van der Waals surface area contributed by atoms with E-state index in [0.717, 1.165) is 0 Å². The van der Waals surface area contributed by atoms with Crippen LogP contribution >= 0.6 is 0 Å². The van der Waals surface area contributed by atoms with Gasteiger partial charge in [0, 0.05) is 12.6 Å². The van der Waals surface area contributed by atoms with Crippen LogP contribution in [0.1, 0.15) is 12.8 Å². The lowest BCUT2D eigenvalue weighted by Gasteiger charge is -2.22. The summed E-state index contributed by atoms with van der Waals surface area (Å²) in [6.45, 7) is 0.756. The molecule has 0 aromatic heterocycles.